The lowest BCUT2D eigenvalue weighted by molar-refractivity contribution is -0.870. The van der Waals surface area contributed by atoms with E-state index in [1.807, 2.05) is 33.3 Å². The van der Waals surface area contributed by atoms with E-state index in [0.717, 1.165) is 128 Å². The van der Waals surface area contributed by atoms with E-state index < -0.39 is 20.0 Å². The molecule has 0 aromatic carbocycles. The van der Waals surface area contributed by atoms with Crippen molar-refractivity contribution in [1.82, 2.24) is 5.32 Å². The summed E-state index contributed by atoms with van der Waals surface area (Å²) in [5.41, 5.74) is 0. The first-order valence-electron chi connectivity index (χ1n) is 36.2. The monoisotopic (exact) mass is 1230 g/mol. The zero-order valence-electron chi connectivity index (χ0n) is 57.5. The molecule has 0 heterocycles. The predicted molar refractivity (Wildman–Crippen MR) is 378 cm³/mol. The van der Waals surface area contributed by atoms with Crippen LogP contribution >= 0.6 is 7.82 Å². The molecule has 502 valence electrons. The molecule has 0 bridgehead atoms. The van der Waals surface area contributed by atoms with E-state index in [-0.39, 0.29) is 31.5 Å². The number of amides is 1. The molecule has 1 amide bonds. The molecular formula is C77H138N2O7P+. The van der Waals surface area contributed by atoms with Crippen LogP contribution in [0, 0.1) is 0 Å². The Bertz CT molecular complexity index is 1860. The predicted octanol–water partition coefficient (Wildman–Crippen LogP) is 23.2. The first-order chi connectivity index (χ1) is 42.4. The number of quaternary nitrogens is 1. The molecule has 0 aliphatic rings. The molecule has 0 fully saturated rings. The molecule has 0 aromatic rings. The second-order valence-electron chi connectivity index (χ2n) is 25.4. The lowest BCUT2D eigenvalue weighted by Crippen LogP contribution is -2.47. The second kappa shape index (κ2) is 65.6. The van der Waals surface area contributed by atoms with Gasteiger partial charge in [0.15, 0.2) is 0 Å². The van der Waals surface area contributed by atoms with Crippen molar-refractivity contribution in [2.45, 2.75) is 328 Å². The number of phosphoric ester groups is 1. The fourth-order valence-corrected chi connectivity index (χ4v) is 10.9. The average Bonchev–Trinajstić information content (AvgIpc) is 3.70. The number of likely N-dealkylation sites (N-methyl/N-ethyl adjacent to an activating group) is 1. The van der Waals surface area contributed by atoms with Gasteiger partial charge in [0.05, 0.1) is 33.8 Å². The fourth-order valence-electron chi connectivity index (χ4n) is 10.2. The summed E-state index contributed by atoms with van der Waals surface area (Å²) in [6.07, 6.45) is 90.9. The van der Waals surface area contributed by atoms with E-state index >= 15 is 0 Å². The molecule has 0 radical (unpaired) electrons. The van der Waals surface area contributed by atoms with E-state index in [0.29, 0.717) is 17.4 Å². The molecule has 87 heavy (non-hydrogen) atoms. The minimum Gasteiger partial charge on any atom is -0.456 e. The molecule has 9 nitrogen and oxygen atoms in total. The van der Waals surface area contributed by atoms with Gasteiger partial charge in [0.25, 0.3) is 0 Å². The summed E-state index contributed by atoms with van der Waals surface area (Å²) in [5.74, 6) is -0.519. The Morgan fingerprint density at radius 1 is 0.414 bits per heavy atom. The van der Waals surface area contributed by atoms with Crippen LogP contribution in [0.1, 0.15) is 316 Å². The fraction of sp³-hybridized carbons (Fsp3) is 0.740. The lowest BCUT2D eigenvalue weighted by atomic mass is 10.0. The van der Waals surface area contributed by atoms with Crippen molar-refractivity contribution in [3.63, 3.8) is 0 Å². The number of unbranched alkanes of at least 4 members (excludes halogenated alkanes) is 33. The number of hydrogen-bond donors (Lipinski definition) is 2. The zero-order valence-corrected chi connectivity index (χ0v) is 58.4. The summed E-state index contributed by atoms with van der Waals surface area (Å²) >= 11 is 0. The molecule has 0 saturated heterocycles. The Hall–Kier alpha value is -3.33. The quantitative estimate of drug-likeness (QED) is 0.0205. The molecule has 0 spiro atoms. The summed E-state index contributed by atoms with van der Waals surface area (Å²) in [5, 5.41) is 3.07. The topological polar surface area (TPSA) is 111 Å². The lowest BCUT2D eigenvalue weighted by Gasteiger charge is -2.27. The highest BCUT2D eigenvalue weighted by molar-refractivity contribution is 7.47. The van der Waals surface area contributed by atoms with Crippen molar-refractivity contribution in [2.24, 2.45) is 0 Å². The van der Waals surface area contributed by atoms with E-state index in [2.05, 4.69) is 123 Å². The van der Waals surface area contributed by atoms with E-state index in [1.165, 1.54) is 154 Å². The SMILES string of the molecule is CC/C=C\C/C=C\C/C=C\C/C=C\C/C=C\C/C=C\CCCCCCCCC(=O)OC(/C=C/CCCCCCCCCCCCC)C(COP(=O)(O)OCC[N+](C)(C)C)NC(=O)CCCCCCCCCCCCCCC/C=C\C/C=C\CCCCC. The number of phosphoric acid groups is 1. The van der Waals surface area contributed by atoms with Crippen molar-refractivity contribution >= 4 is 19.7 Å². The first-order valence-corrected chi connectivity index (χ1v) is 37.7. The van der Waals surface area contributed by atoms with Crippen LogP contribution < -0.4 is 5.32 Å². The van der Waals surface area contributed by atoms with Gasteiger partial charge in [-0.3, -0.25) is 18.6 Å². The molecule has 3 atom stereocenters. The van der Waals surface area contributed by atoms with E-state index in [1.54, 1.807) is 0 Å². The number of esters is 1. The third kappa shape index (κ3) is 66.9. The Labute approximate surface area is 538 Å². The highest BCUT2D eigenvalue weighted by Gasteiger charge is 2.30. The number of allylic oxidation sites excluding steroid dienone is 17. The van der Waals surface area contributed by atoms with Gasteiger partial charge in [-0.05, 0) is 115 Å². The summed E-state index contributed by atoms with van der Waals surface area (Å²) in [6.45, 7) is 6.89. The van der Waals surface area contributed by atoms with E-state index in [9.17, 15) is 19.0 Å². The van der Waals surface area contributed by atoms with Gasteiger partial charge in [-0.15, -0.1) is 0 Å². The highest BCUT2D eigenvalue weighted by atomic mass is 31.2. The Kier molecular flexibility index (Phi) is 63.1. The van der Waals surface area contributed by atoms with Crippen molar-refractivity contribution in [1.29, 1.82) is 0 Å². The Morgan fingerprint density at radius 3 is 1.13 bits per heavy atom. The molecule has 10 heteroatoms. The van der Waals surface area contributed by atoms with Gasteiger partial charge in [-0.2, -0.15) is 0 Å². The van der Waals surface area contributed by atoms with Crippen molar-refractivity contribution in [3.8, 4) is 0 Å². The number of carbonyl (C=O) groups is 2. The molecule has 0 aliphatic heterocycles. The smallest absolute Gasteiger partial charge is 0.456 e. The van der Waals surface area contributed by atoms with Crippen LogP contribution in [-0.2, 0) is 27.9 Å². The Balaban J connectivity index is 5.14. The van der Waals surface area contributed by atoms with Gasteiger partial charge >= 0.3 is 13.8 Å². The summed E-state index contributed by atoms with van der Waals surface area (Å²) in [6, 6.07) is -0.863. The van der Waals surface area contributed by atoms with Crippen molar-refractivity contribution in [2.75, 3.05) is 40.9 Å². The number of nitrogens with zero attached hydrogens (tertiary/aromatic N) is 1. The van der Waals surface area contributed by atoms with Gasteiger partial charge in [0, 0.05) is 12.8 Å². The van der Waals surface area contributed by atoms with E-state index in [4.69, 9.17) is 13.8 Å². The minimum absolute atomic E-state index is 0.0333. The van der Waals surface area contributed by atoms with Crippen LogP contribution in [0.5, 0.6) is 0 Å². The van der Waals surface area contributed by atoms with Crippen LogP contribution in [0.25, 0.3) is 0 Å². The van der Waals surface area contributed by atoms with Crippen LogP contribution in [0.2, 0.25) is 0 Å². The molecule has 3 unspecified atom stereocenters. The maximum Gasteiger partial charge on any atom is 0.472 e. The number of nitrogens with one attached hydrogen (secondary N) is 1. The van der Waals surface area contributed by atoms with Gasteiger partial charge in [0.2, 0.25) is 5.91 Å². The zero-order chi connectivity index (χ0) is 63.5. The minimum atomic E-state index is -4.47. The van der Waals surface area contributed by atoms with Crippen LogP contribution in [-0.4, -0.2) is 74.3 Å². The normalized spacial score (nSPS) is 14.1. The van der Waals surface area contributed by atoms with Crippen LogP contribution in [0.15, 0.2) is 109 Å². The number of ether oxygens (including phenoxy) is 1. The molecule has 0 rings (SSSR count). The summed E-state index contributed by atoms with van der Waals surface area (Å²) < 4.78 is 30.9. The molecule has 0 saturated carbocycles. The third-order valence-electron chi connectivity index (χ3n) is 15.7. The van der Waals surface area contributed by atoms with Crippen LogP contribution in [0.4, 0.5) is 0 Å². The second-order valence-corrected chi connectivity index (χ2v) is 26.8. The Morgan fingerprint density at radius 2 is 0.736 bits per heavy atom. The van der Waals surface area contributed by atoms with Crippen molar-refractivity contribution < 1.29 is 37.3 Å². The third-order valence-corrected chi connectivity index (χ3v) is 16.7. The van der Waals surface area contributed by atoms with Gasteiger partial charge in [0.1, 0.15) is 19.3 Å². The average molecular weight is 1230 g/mol. The van der Waals surface area contributed by atoms with Crippen molar-refractivity contribution in [3.05, 3.63) is 109 Å². The molecule has 2 N–H and O–H groups in total. The number of hydrogen-bond acceptors (Lipinski definition) is 6. The largest absolute Gasteiger partial charge is 0.472 e. The van der Waals surface area contributed by atoms with Crippen LogP contribution in [0.3, 0.4) is 0 Å². The summed E-state index contributed by atoms with van der Waals surface area (Å²) in [4.78, 5) is 38.0. The standard InChI is InChI=1S/C77H137N2O7P/c1-7-10-13-16-19-22-25-28-30-32-34-36-38-39-41-43-45-47-49-52-55-58-61-64-67-70-77(81)86-75(68-65-62-59-56-53-50-27-24-21-18-15-12-9-3)74(73-85-87(82,83)84-72-71-79(4,5)6)78-76(80)69-66-63-60-57-54-51-48-46-44-42-40-37-35-33-31-29-26-23-20-17-14-11-8-2/h10,13,19-20,22-23,28-31,34,36,39,41,45,47,65,68,74-75H,7-9,11-12,14-18,21,24-27,32-33,35,37-38,40,42-44,46,48-64,66-67,69-73H2,1-6H3,(H-,78,80,82,83)/p+1/b13-10-,22-19-,23-20-,30-28-,31-29-,36-34-,41-39-,47-45-,68-65+. The van der Waals surface area contributed by atoms with Gasteiger partial charge in [-0.25, -0.2) is 4.57 Å². The first kappa shape index (κ1) is 83.7. The maximum absolute atomic E-state index is 13.6. The molecule has 0 aromatic heterocycles. The highest BCUT2D eigenvalue weighted by Crippen LogP contribution is 2.43. The maximum atomic E-state index is 13.6. The number of rotatable bonds is 65. The molecular weight excluding hydrogens is 1100 g/mol. The van der Waals surface area contributed by atoms with Gasteiger partial charge in [-0.1, -0.05) is 297 Å². The molecule has 0 aliphatic carbocycles. The van der Waals surface area contributed by atoms with Gasteiger partial charge < -0.3 is 19.4 Å². The summed E-state index contributed by atoms with van der Waals surface area (Å²) in [7, 11) is 1.48. The number of carbonyl (C=O) groups excluding carboxylic acids is 2.